The highest BCUT2D eigenvalue weighted by Crippen LogP contribution is 2.33. The molecule has 1 N–H and O–H groups in total. The largest absolute Gasteiger partial charge is 0.492 e. The van der Waals surface area contributed by atoms with Crippen molar-refractivity contribution >= 4 is 5.97 Å². The summed E-state index contributed by atoms with van der Waals surface area (Å²) in [6.07, 6.45) is 8.02. The molecule has 3 heteroatoms. The van der Waals surface area contributed by atoms with Gasteiger partial charge in [-0.1, -0.05) is 53.9 Å². The molecule has 0 fully saturated rings. The Morgan fingerprint density at radius 1 is 1.08 bits per heavy atom. The normalized spacial score (nSPS) is 11.1. The molecule has 0 heterocycles. The SMILES string of the molecule is CCCc1cc(C(=O)O)c(OCCCCC(C)C)c(CCC)c1CC. The number of ether oxygens (including phenoxy) is 1. The molecule has 0 radical (unpaired) electrons. The summed E-state index contributed by atoms with van der Waals surface area (Å²) in [5.74, 6) is 0.440. The van der Waals surface area contributed by atoms with Crippen LogP contribution in [0, 0.1) is 5.92 Å². The predicted molar refractivity (Wildman–Crippen MR) is 105 cm³/mol. The second-order valence-electron chi connectivity index (χ2n) is 7.27. The van der Waals surface area contributed by atoms with E-state index in [9.17, 15) is 9.90 Å². The topological polar surface area (TPSA) is 46.5 Å². The number of aromatic carboxylic acids is 1. The Balaban J connectivity index is 3.15. The van der Waals surface area contributed by atoms with Gasteiger partial charge in [-0.3, -0.25) is 0 Å². The van der Waals surface area contributed by atoms with E-state index in [-0.39, 0.29) is 0 Å². The molecule has 0 spiro atoms. The molecule has 0 aliphatic carbocycles. The van der Waals surface area contributed by atoms with Crippen molar-refractivity contribution in [2.24, 2.45) is 5.92 Å². The van der Waals surface area contributed by atoms with E-state index < -0.39 is 5.97 Å². The summed E-state index contributed by atoms with van der Waals surface area (Å²) in [5, 5.41) is 9.71. The van der Waals surface area contributed by atoms with Crippen LogP contribution in [0.5, 0.6) is 5.75 Å². The third-order valence-electron chi connectivity index (χ3n) is 4.61. The van der Waals surface area contributed by atoms with Gasteiger partial charge in [0.15, 0.2) is 0 Å². The van der Waals surface area contributed by atoms with Gasteiger partial charge in [0.25, 0.3) is 0 Å². The van der Waals surface area contributed by atoms with Gasteiger partial charge in [-0.05, 0) is 60.8 Å². The molecule has 0 atom stereocenters. The standard InChI is InChI=1S/C22H36O3/c1-6-11-17-15-20(22(23)24)21(19(12-7-2)18(17)8-3)25-14-10-9-13-16(4)5/h15-16H,6-14H2,1-5H3,(H,23,24). The van der Waals surface area contributed by atoms with Crippen LogP contribution < -0.4 is 4.74 Å². The van der Waals surface area contributed by atoms with Crippen LogP contribution in [0.3, 0.4) is 0 Å². The third-order valence-corrected chi connectivity index (χ3v) is 4.61. The van der Waals surface area contributed by atoms with E-state index in [2.05, 4.69) is 34.6 Å². The molecule has 3 nitrogen and oxygen atoms in total. The zero-order valence-corrected chi connectivity index (χ0v) is 16.8. The second kappa shape index (κ2) is 11.2. The number of carboxylic acid groups (broad SMARTS) is 1. The summed E-state index contributed by atoms with van der Waals surface area (Å²) in [6, 6.07) is 1.85. The number of benzene rings is 1. The molecule has 0 aromatic heterocycles. The van der Waals surface area contributed by atoms with Crippen molar-refractivity contribution < 1.29 is 14.6 Å². The number of hydrogen-bond acceptors (Lipinski definition) is 2. The van der Waals surface area contributed by atoms with Crippen LogP contribution in [0.25, 0.3) is 0 Å². The van der Waals surface area contributed by atoms with Crippen molar-refractivity contribution in [1.82, 2.24) is 0 Å². The van der Waals surface area contributed by atoms with Gasteiger partial charge < -0.3 is 9.84 Å². The first-order valence-electron chi connectivity index (χ1n) is 9.99. The quantitative estimate of drug-likeness (QED) is 0.467. The lowest BCUT2D eigenvalue weighted by Gasteiger charge is -2.21. The van der Waals surface area contributed by atoms with E-state index in [0.717, 1.165) is 50.5 Å². The Hall–Kier alpha value is -1.51. The molecule has 0 aliphatic heterocycles. The number of carboxylic acids is 1. The van der Waals surface area contributed by atoms with Gasteiger partial charge in [0, 0.05) is 0 Å². The molecule has 0 amide bonds. The van der Waals surface area contributed by atoms with Gasteiger partial charge in [-0.25, -0.2) is 4.79 Å². The number of carbonyl (C=O) groups is 1. The number of aryl methyl sites for hydroxylation is 1. The first-order chi connectivity index (χ1) is 12.0. The lowest BCUT2D eigenvalue weighted by atomic mass is 9.90. The fraction of sp³-hybridized carbons (Fsp3) is 0.682. The van der Waals surface area contributed by atoms with E-state index in [0.29, 0.717) is 23.8 Å². The Morgan fingerprint density at radius 3 is 2.28 bits per heavy atom. The van der Waals surface area contributed by atoms with Gasteiger partial charge >= 0.3 is 5.97 Å². The van der Waals surface area contributed by atoms with Crippen molar-refractivity contribution in [1.29, 1.82) is 0 Å². The molecule has 25 heavy (non-hydrogen) atoms. The van der Waals surface area contributed by atoms with Gasteiger partial charge in [0.1, 0.15) is 11.3 Å². The van der Waals surface area contributed by atoms with Crippen LogP contribution in [0.4, 0.5) is 0 Å². The summed E-state index contributed by atoms with van der Waals surface area (Å²) in [4.78, 5) is 11.8. The van der Waals surface area contributed by atoms with Crippen LogP contribution in [-0.4, -0.2) is 17.7 Å². The summed E-state index contributed by atoms with van der Waals surface area (Å²) < 4.78 is 6.06. The van der Waals surface area contributed by atoms with Crippen molar-refractivity contribution in [3.05, 3.63) is 28.3 Å². The van der Waals surface area contributed by atoms with Crippen molar-refractivity contribution in [3.8, 4) is 5.75 Å². The molecule has 0 saturated heterocycles. The zero-order chi connectivity index (χ0) is 18.8. The van der Waals surface area contributed by atoms with Crippen molar-refractivity contribution in [2.75, 3.05) is 6.61 Å². The van der Waals surface area contributed by atoms with Crippen LogP contribution in [0.1, 0.15) is 93.8 Å². The molecule has 0 aliphatic rings. The summed E-state index contributed by atoms with van der Waals surface area (Å²) in [5.41, 5.74) is 3.94. The zero-order valence-electron chi connectivity index (χ0n) is 16.8. The average molecular weight is 349 g/mol. The molecule has 0 saturated carbocycles. The van der Waals surface area contributed by atoms with Crippen molar-refractivity contribution in [3.63, 3.8) is 0 Å². The monoisotopic (exact) mass is 348 g/mol. The number of rotatable bonds is 12. The molecule has 142 valence electrons. The first-order valence-corrected chi connectivity index (χ1v) is 9.99. The summed E-state index contributed by atoms with van der Waals surface area (Å²) in [7, 11) is 0. The van der Waals surface area contributed by atoms with Gasteiger partial charge in [-0.15, -0.1) is 0 Å². The second-order valence-corrected chi connectivity index (χ2v) is 7.27. The van der Waals surface area contributed by atoms with Crippen LogP contribution in [0.15, 0.2) is 6.07 Å². The lowest BCUT2D eigenvalue weighted by molar-refractivity contribution is 0.0691. The van der Waals surface area contributed by atoms with Gasteiger partial charge in [0.05, 0.1) is 6.61 Å². The van der Waals surface area contributed by atoms with Crippen molar-refractivity contribution in [2.45, 2.75) is 86.0 Å². The molecule has 0 unspecified atom stereocenters. The maximum Gasteiger partial charge on any atom is 0.339 e. The molecular weight excluding hydrogens is 312 g/mol. The highest BCUT2D eigenvalue weighted by molar-refractivity contribution is 5.92. The Labute approximate surface area is 153 Å². The summed E-state index contributed by atoms with van der Waals surface area (Å²) in [6.45, 7) is 11.5. The fourth-order valence-corrected chi connectivity index (χ4v) is 3.42. The fourth-order valence-electron chi connectivity index (χ4n) is 3.42. The van der Waals surface area contributed by atoms with Gasteiger partial charge in [-0.2, -0.15) is 0 Å². The molecule has 0 bridgehead atoms. The van der Waals surface area contributed by atoms with Crippen LogP contribution in [-0.2, 0) is 19.3 Å². The molecule has 1 aromatic carbocycles. The summed E-state index contributed by atoms with van der Waals surface area (Å²) >= 11 is 0. The van der Waals surface area contributed by atoms with E-state index >= 15 is 0 Å². The highest BCUT2D eigenvalue weighted by Gasteiger charge is 2.21. The molecule has 1 rings (SSSR count). The minimum absolute atomic E-state index is 0.341. The third kappa shape index (κ3) is 6.37. The van der Waals surface area contributed by atoms with E-state index in [1.54, 1.807) is 0 Å². The van der Waals surface area contributed by atoms with E-state index in [1.807, 2.05) is 6.07 Å². The highest BCUT2D eigenvalue weighted by atomic mass is 16.5. The van der Waals surface area contributed by atoms with E-state index in [1.165, 1.54) is 17.5 Å². The minimum Gasteiger partial charge on any atom is -0.492 e. The molecular formula is C22H36O3. The Kier molecular flexibility index (Phi) is 9.62. The maximum atomic E-state index is 11.8. The maximum absolute atomic E-state index is 11.8. The lowest BCUT2D eigenvalue weighted by Crippen LogP contribution is -2.12. The Morgan fingerprint density at radius 2 is 1.76 bits per heavy atom. The Bertz CT molecular complexity index is 547. The number of hydrogen-bond donors (Lipinski definition) is 1. The van der Waals surface area contributed by atoms with Crippen LogP contribution in [0.2, 0.25) is 0 Å². The molecule has 1 aromatic rings. The average Bonchev–Trinajstić information content (AvgIpc) is 2.55. The van der Waals surface area contributed by atoms with Gasteiger partial charge in [0.2, 0.25) is 0 Å². The minimum atomic E-state index is -0.880. The predicted octanol–water partition coefficient (Wildman–Crippen LogP) is 6.06. The first kappa shape index (κ1) is 21.5. The number of unbranched alkanes of at least 4 members (excludes halogenated alkanes) is 1. The van der Waals surface area contributed by atoms with E-state index in [4.69, 9.17) is 4.74 Å². The smallest absolute Gasteiger partial charge is 0.339 e. The van der Waals surface area contributed by atoms with Crippen LogP contribution >= 0.6 is 0 Å².